The van der Waals surface area contributed by atoms with Gasteiger partial charge in [0.1, 0.15) is 11.5 Å². The fourth-order valence-electron chi connectivity index (χ4n) is 2.15. The molecule has 23 heavy (non-hydrogen) atoms. The van der Waals surface area contributed by atoms with Gasteiger partial charge in [-0.3, -0.25) is 14.6 Å². The lowest BCUT2D eigenvalue weighted by atomic mass is 10.2. The first kappa shape index (κ1) is 14.6. The van der Waals surface area contributed by atoms with Crippen LogP contribution < -0.4 is 5.32 Å². The van der Waals surface area contributed by atoms with E-state index < -0.39 is 5.91 Å². The van der Waals surface area contributed by atoms with Gasteiger partial charge in [0.15, 0.2) is 5.82 Å². The zero-order valence-corrected chi connectivity index (χ0v) is 12.3. The van der Waals surface area contributed by atoms with E-state index in [1.165, 1.54) is 13.1 Å². The van der Waals surface area contributed by atoms with Crippen molar-refractivity contribution in [1.82, 2.24) is 9.97 Å². The van der Waals surface area contributed by atoms with E-state index in [1.807, 2.05) is 24.3 Å². The molecule has 7 nitrogen and oxygen atoms in total. The average Bonchev–Trinajstić information content (AvgIpc) is 2.91. The average molecular weight is 307 g/mol. The van der Waals surface area contributed by atoms with Crippen LogP contribution in [0, 0.1) is 0 Å². The molecule has 0 atom stereocenters. The highest BCUT2D eigenvalue weighted by molar-refractivity contribution is 6.05. The molecule has 0 spiro atoms. The van der Waals surface area contributed by atoms with Crippen LogP contribution in [0.4, 0.5) is 11.6 Å². The summed E-state index contributed by atoms with van der Waals surface area (Å²) in [5, 5.41) is 11.9. The summed E-state index contributed by atoms with van der Waals surface area (Å²) in [7, 11) is 0. The van der Waals surface area contributed by atoms with Crippen LogP contribution in [0.1, 0.15) is 17.4 Å². The van der Waals surface area contributed by atoms with Gasteiger partial charge in [0.05, 0.1) is 0 Å². The molecule has 3 aromatic rings. The van der Waals surface area contributed by atoms with E-state index in [0.717, 1.165) is 10.8 Å². The molecule has 0 aliphatic carbocycles. The normalized spacial score (nSPS) is 11.0. The highest BCUT2D eigenvalue weighted by atomic mass is 16.2. The maximum Gasteiger partial charge on any atom is 0.313 e. The molecule has 0 unspecified atom stereocenters. The van der Waals surface area contributed by atoms with Gasteiger partial charge < -0.3 is 10.3 Å². The highest BCUT2D eigenvalue weighted by Crippen LogP contribution is 2.32. The smallest absolute Gasteiger partial charge is 0.313 e. The van der Waals surface area contributed by atoms with E-state index in [-0.39, 0.29) is 11.6 Å². The number of carbonyl (C=O) groups excluding carboxylic acids is 2. The van der Waals surface area contributed by atoms with Gasteiger partial charge in [-0.25, -0.2) is 0 Å². The monoisotopic (exact) mass is 307 g/mol. The Balaban J connectivity index is 1.95. The maximum atomic E-state index is 11.9. The first-order valence-electron chi connectivity index (χ1n) is 6.90. The number of nitrogens with one attached hydrogen (secondary N) is 2. The molecule has 3 rings (SSSR count). The SMILES string of the molecule is CC(=O)Nc1[nH]c(N=NC(=O)c2ccccn2)c2ccccc12. The van der Waals surface area contributed by atoms with Crippen LogP contribution in [-0.2, 0) is 4.79 Å². The zero-order chi connectivity index (χ0) is 16.2. The van der Waals surface area contributed by atoms with E-state index in [0.29, 0.717) is 11.6 Å². The molecule has 1 aromatic carbocycles. The van der Waals surface area contributed by atoms with Crippen molar-refractivity contribution in [2.24, 2.45) is 10.2 Å². The Morgan fingerprint density at radius 3 is 2.52 bits per heavy atom. The molecule has 7 heteroatoms. The Bertz CT molecular complexity index is 899. The number of rotatable bonds is 3. The number of pyridine rings is 1. The summed E-state index contributed by atoms with van der Waals surface area (Å²) in [6.07, 6.45) is 1.52. The molecule has 114 valence electrons. The minimum atomic E-state index is -0.537. The number of anilines is 1. The van der Waals surface area contributed by atoms with Gasteiger partial charge in [-0.2, -0.15) is 0 Å². The van der Waals surface area contributed by atoms with E-state index in [4.69, 9.17) is 0 Å². The number of azo groups is 1. The fourth-order valence-corrected chi connectivity index (χ4v) is 2.15. The van der Waals surface area contributed by atoms with E-state index >= 15 is 0 Å². The van der Waals surface area contributed by atoms with Gasteiger partial charge in [-0.1, -0.05) is 30.3 Å². The van der Waals surface area contributed by atoms with Crippen molar-refractivity contribution in [2.45, 2.75) is 6.92 Å². The molecule has 2 N–H and O–H groups in total. The van der Waals surface area contributed by atoms with Crippen LogP contribution in [0.5, 0.6) is 0 Å². The van der Waals surface area contributed by atoms with Crippen molar-refractivity contribution in [3.8, 4) is 0 Å². The topological polar surface area (TPSA) is 99.6 Å². The summed E-state index contributed by atoms with van der Waals surface area (Å²) in [5.74, 6) is 0.177. The number of aromatic nitrogens is 2. The summed E-state index contributed by atoms with van der Waals surface area (Å²) < 4.78 is 0. The van der Waals surface area contributed by atoms with Crippen LogP contribution in [0.3, 0.4) is 0 Å². The number of carbonyl (C=O) groups is 2. The highest BCUT2D eigenvalue weighted by Gasteiger charge is 2.11. The molecule has 0 bridgehead atoms. The first-order chi connectivity index (χ1) is 11.1. The Morgan fingerprint density at radius 1 is 1.09 bits per heavy atom. The predicted molar refractivity (Wildman–Crippen MR) is 85.7 cm³/mol. The predicted octanol–water partition coefficient (Wildman–Crippen LogP) is 3.45. The summed E-state index contributed by atoms with van der Waals surface area (Å²) in [5.41, 5.74) is 0.217. The lowest BCUT2D eigenvalue weighted by Gasteiger charge is -1.97. The molecule has 0 aliphatic rings. The fraction of sp³-hybridized carbons (Fsp3) is 0.0625. The van der Waals surface area contributed by atoms with Crippen molar-refractivity contribution >= 4 is 34.2 Å². The molecular weight excluding hydrogens is 294 g/mol. The number of fused-ring (bicyclic) bond motifs is 1. The minimum Gasteiger partial charge on any atom is -0.324 e. The van der Waals surface area contributed by atoms with E-state index in [1.54, 1.807) is 18.2 Å². The first-order valence-corrected chi connectivity index (χ1v) is 6.90. The number of hydrogen-bond acceptors (Lipinski definition) is 4. The molecular formula is C16H13N5O2. The number of hydrogen-bond donors (Lipinski definition) is 2. The van der Waals surface area contributed by atoms with Gasteiger partial charge in [0.2, 0.25) is 5.91 Å². The summed E-state index contributed by atoms with van der Waals surface area (Å²) in [6.45, 7) is 1.42. The molecule has 2 amide bonds. The number of H-pyrrole nitrogens is 1. The Morgan fingerprint density at radius 2 is 1.83 bits per heavy atom. The van der Waals surface area contributed by atoms with Crippen LogP contribution >= 0.6 is 0 Å². The van der Waals surface area contributed by atoms with Crippen molar-refractivity contribution < 1.29 is 9.59 Å². The third-order valence-corrected chi connectivity index (χ3v) is 3.12. The summed E-state index contributed by atoms with van der Waals surface area (Å²) in [4.78, 5) is 30.1. The third-order valence-electron chi connectivity index (χ3n) is 3.12. The summed E-state index contributed by atoms with van der Waals surface area (Å²) >= 11 is 0. The Labute approximate surface area is 131 Å². The Kier molecular flexibility index (Phi) is 3.92. The molecule has 0 saturated carbocycles. The van der Waals surface area contributed by atoms with Crippen LogP contribution in [0.25, 0.3) is 10.8 Å². The van der Waals surface area contributed by atoms with Gasteiger partial charge in [-0.05, 0) is 12.1 Å². The molecule has 2 heterocycles. The zero-order valence-electron chi connectivity index (χ0n) is 12.3. The van der Waals surface area contributed by atoms with Gasteiger partial charge >= 0.3 is 5.91 Å². The lowest BCUT2D eigenvalue weighted by Crippen LogP contribution is -2.05. The molecule has 2 aromatic heterocycles. The standard InChI is InChI=1S/C16H13N5O2/c1-10(22)18-14-11-6-2-3-7-12(11)15(19-14)20-21-16(23)13-8-4-5-9-17-13/h2-9,19H,1H3,(H,18,22). The van der Waals surface area contributed by atoms with Crippen molar-refractivity contribution in [3.63, 3.8) is 0 Å². The molecule has 0 radical (unpaired) electrons. The van der Waals surface area contributed by atoms with Crippen molar-refractivity contribution in [2.75, 3.05) is 5.32 Å². The Hall–Kier alpha value is -3.35. The van der Waals surface area contributed by atoms with Crippen LogP contribution in [0.2, 0.25) is 0 Å². The minimum absolute atomic E-state index is 0.204. The molecule has 0 fully saturated rings. The van der Waals surface area contributed by atoms with E-state index in [9.17, 15) is 9.59 Å². The largest absolute Gasteiger partial charge is 0.324 e. The van der Waals surface area contributed by atoms with Gasteiger partial charge in [-0.15, -0.1) is 10.2 Å². The van der Waals surface area contributed by atoms with Crippen LogP contribution in [0.15, 0.2) is 58.9 Å². The second-order valence-corrected chi connectivity index (χ2v) is 4.80. The molecule has 0 saturated heterocycles. The van der Waals surface area contributed by atoms with Gasteiger partial charge in [0.25, 0.3) is 0 Å². The molecule has 0 aliphatic heterocycles. The number of aromatic amines is 1. The number of nitrogens with zero attached hydrogens (tertiary/aromatic N) is 3. The summed E-state index contributed by atoms with van der Waals surface area (Å²) in [6, 6.07) is 12.3. The van der Waals surface area contributed by atoms with E-state index in [2.05, 4.69) is 25.5 Å². The number of amides is 2. The van der Waals surface area contributed by atoms with Gasteiger partial charge in [0, 0.05) is 23.9 Å². The quantitative estimate of drug-likeness (QED) is 0.725. The number of benzene rings is 1. The maximum absolute atomic E-state index is 11.9. The second kappa shape index (κ2) is 6.18. The second-order valence-electron chi connectivity index (χ2n) is 4.80. The lowest BCUT2D eigenvalue weighted by molar-refractivity contribution is -0.114. The third kappa shape index (κ3) is 3.13. The van der Waals surface area contributed by atoms with Crippen LogP contribution in [-0.4, -0.2) is 21.8 Å². The van der Waals surface area contributed by atoms with Crippen molar-refractivity contribution in [3.05, 3.63) is 54.4 Å². The van der Waals surface area contributed by atoms with Crippen molar-refractivity contribution in [1.29, 1.82) is 0 Å².